The molecule has 1 heterocycles. The normalized spacial score (nSPS) is 10.2. The van der Waals surface area contributed by atoms with E-state index in [1.807, 2.05) is 0 Å². The molecule has 0 spiro atoms. The average Bonchev–Trinajstić information content (AvgIpc) is 2.56. The summed E-state index contributed by atoms with van der Waals surface area (Å²) in [5, 5.41) is 8.89. The van der Waals surface area contributed by atoms with Gasteiger partial charge in [0.1, 0.15) is 0 Å². The van der Waals surface area contributed by atoms with Crippen LogP contribution < -0.4 is 0 Å². The van der Waals surface area contributed by atoms with Gasteiger partial charge < -0.3 is 10.0 Å². The van der Waals surface area contributed by atoms with Crippen LogP contribution >= 0.6 is 43.2 Å². The second-order valence-electron chi connectivity index (χ2n) is 3.00. The summed E-state index contributed by atoms with van der Waals surface area (Å²) in [5.74, 6) is -0.109. The molecule has 1 N–H and O–H groups in total. The summed E-state index contributed by atoms with van der Waals surface area (Å²) in [6.07, 6.45) is 1.64. The summed E-state index contributed by atoms with van der Waals surface area (Å²) in [4.78, 5) is 13.6. The van der Waals surface area contributed by atoms with Crippen molar-refractivity contribution in [2.45, 2.75) is 0 Å². The van der Waals surface area contributed by atoms with Gasteiger partial charge in [-0.25, -0.2) is 0 Å². The van der Waals surface area contributed by atoms with Gasteiger partial charge in [0.05, 0.1) is 19.7 Å². The van der Waals surface area contributed by atoms with Gasteiger partial charge >= 0.3 is 0 Å². The number of halogens is 2. The van der Waals surface area contributed by atoms with Crippen molar-refractivity contribution in [3.05, 3.63) is 31.9 Å². The number of rotatable bonds is 5. The van der Waals surface area contributed by atoms with Crippen LogP contribution in [0.5, 0.6) is 0 Å². The highest BCUT2D eigenvalue weighted by atomic mass is 79.9. The maximum Gasteiger partial charge on any atom is 0.256 e. The fourth-order valence-electron chi connectivity index (χ4n) is 1.21. The van der Waals surface area contributed by atoms with E-state index in [2.05, 4.69) is 38.4 Å². The number of nitrogens with zero attached hydrogens (tertiary/aromatic N) is 1. The molecular formula is C10H11Br2NO2S. The number of carbonyl (C=O) groups excluding carboxylic acids is 1. The number of thiophene rings is 1. The lowest BCUT2D eigenvalue weighted by molar-refractivity contribution is 0.0742. The van der Waals surface area contributed by atoms with E-state index < -0.39 is 0 Å². The van der Waals surface area contributed by atoms with Crippen LogP contribution in [0.1, 0.15) is 10.4 Å². The smallest absolute Gasteiger partial charge is 0.256 e. The highest BCUT2D eigenvalue weighted by molar-refractivity contribution is 9.12. The van der Waals surface area contributed by atoms with Crippen molar-refractivity contribution in [2.75, 3.05) is 19.7 Å². The third-order valence-corrected chi connectivity index (χ3v) is 4.23. The van der Waals surface area contributed by atoms with Crippen molar-refractivity contribution in [2.24, 2.45) is 0 Å². The van der Waals surface area contributed by atoms with E-state index in [1.165, 1.54) is 11.3 Å². The summed E-state index contributed by atoms with van der Waals surface area (Å²) in [6, 6.07) is 1.77. The van der Waals surface area contributed by atoms with E-state index in [4.69, 9.17) is 5.11 Å². The van der Waals surface area contributed by atoms with Crippen LogP contribution in [0.3, 0.4) is 0 Å². The lowest BCUT2D eigenvalue weighted by Crippen LogP contribution is -2.33. The number of carbonyl (C=O) groups is 1. The standard InChI is InChI=1S/C10H11Br2NO2S/c1-2-3-13(4-5-14)10(15)7-6-8(11)16-9(7)12/h2,6,14H,1,3-5H2. The minimum atomic E-state index is -0.109. The van der Waals surface area contributed by atoms with Crippen molar-refractivity contribution in [3.63, 3.8) is 0 Å². The molecule has 1 aromatic heterocycles. The third kappa shape index (κ3) is 3.41. The van der Waals surface area contributed by atoms with Gasteiger partial charge in [0, 0.05) is 13.1 Å². The molecular weight excluding hydrogens is 358 g/mol. The fourth-order valence-corrected chi connectivity index (χ4v) is 3.99. The van der Waals surface area contributed by atoms with Crippen molar-refractivity contribution in [3.8, 4) is 0 Å². The molecule has 1 rings (SSSR count). The topological polar surface area (TPSA) is 40.5 Å². The lowest BCUT2D eigenvalue weighted by Gasteiger charge is -2.19. The molecule has 0 aliphatic carbocycles. The molecule has 88 valence electrons. The molecule has 1 aromatic rings. The molecule has 0 radical (unpaired) electrons. The fraction of sp³-hybridized carbons (Fsp3) is 0.300. The highest BCUT2D eigenvalue weighted by Gasteiger charge is 2.19. The first-order valence-electron chi connectivity index (χ1n) is 4.56. The van der Waals surface area contributed by atoms with Gasteiger partial charge in [0.25, 0.3) is 5.91 Å². The maximum atomic E-state index is 12.1. The van der Waals surface area contributed by atoms with Crippen molar-refractivity contribution < 1.29 is 9.90 Å². The van der Waals surface area contributed by atoms with Crippen LogP contribution in [-0.4, -0.2) is 35.6 Å². The highest BCUT2D eigenvalue weighted by Crippen LogP contribution is 2.32. The Balaban J connectivity index is 2.89. The zero-order valence-corrected chi connectivity index (χ0v) is 12.4. The third-order valence-electron chi connectivity index (χ3n) is 1.89. The molecule has 16 heavy (non-hydrogen) atoms. The van der Waals surface area contributed by atoms with Crippen LogP contribution in [0.4, 0.5) is 0 Å². The molecule has 0 aromatic carbocycles. The summed E-state index contributed by atoms with van der Waals surface area (Å²) >= 11 is 8.12. The second kappa shape index (κ2) is 6.54. The van der Waals surface area contributed by atoms with E-state index in [0.29, 0.717) is 18.7 Å². The molecule has 0 saturated carbocycles. The van der Waals surface area contributed by atoms with Gasteiger partial charge in [-0.15, -0.1) is 17.9 Å². The zero-order chi connectivity index (χ0) is 12.1. The molecule has 6 heteroatoms. The molecule has 0 aliphatic heterocycles. The molecule has 0 aliphatic rings. The minimum Gasteiger partial charge on any atom is -0.395 e. The second-order valence-corrected chi connectivity index (χ2v) is 6.75. The molecule has 0 saturated heterocycles. The first-order valence-corrected chi connectivity index (χ1v) is 6.96. The number of amides is 1. The Bertz CT molecular complexity index is 392. The van der Waals surface area contributed by atoms with Gasteiger partial charge in [-0.2, -0.15) is 0 Å². The van der Waals surface area contributed by atoms with Gasteiger partial charge in [0.2, 0.25) is 0 Å². The predicted molar refractivity (Wildman–Crippen MR) is 72.9 cm³/mol. The average molecular weight is 369 g/mol. The number of hydrogen-bond donors (Lipinski definition) is 1. The van der Waals surface area contributed by atoms with E-state index in [-0.39, 0.29) is 12.5 Å². The van der Waals surface area contributed by atoms with Crippen LogP contribution in [0.15, 0.2) is 26.3 Å². The molecule has 1 amide bonds. The van der Waals surface area contributed by atoms with Crippen LogP contribution in [0, 0.1) is 0 Å². The van der Waals surface area contributed by atoms with Crippen molar-refractivity contribution in [1.29, 1.82) is 0 Å². The quantitative estimate of drug-likeness (QED) is 0.812. The molecule has 0 atom stereocenters. The monoisotopic (exact) mass is 367 g/mol. The summed E-state index contributed by atoms with van der Waals surface area (Å²) in [6.45, 7) is 4.28. The van der Waals surface area contributed by atoms with Crippen LogP contribution in [-0.2, 0) is 0 Å². The number of aliphatic hydroxyl groups excluding tert-OH is 1. The van der Waals surface area contributed by atoms with E-state index in [1.54, 1.807) is 17.0 Å². The summed E-state index contributed by atoms with van der Waals surface area (Å²) in [7, 11) is 0. The van der Waals surface area contributed by atoms with Gasteiger partial charge in [-0.05, 0) is 37.9 Å². The van der Waals surface area contributed by atoms with Gasteiger partial charge in [0.15, 0.2) is 0 Å². The zero-order valence-electron chi connectivity index (χ0n) is 8.45. The Morgan fingerprint density at radius 3 is 2.75 bits per heavy atom. The Kier molecular flexibility index (Phi) is 5.68. The molecule has 0 bridgehead atoms. The Hall–Kier alpha value is -0.170. The molecule has 0 unspecified atom stereocenters. The van der Waals surface area contributed by atoms with E-state index in [0.717, 1.165) is 7.57 Å². The number of aliphatic hydroxyl groups is 1. The van der Waals surface area contributed by atoms with Gasteiger partial charge in [-0.1, -0.05) is 6.08 Å². The Morgan fingerprint density at radius 1 is 1.62 bits per heavy atom. The SMILES string of the molecule is C=CCN(CCO)C(=O)c1cc(Br)sc1Br. The van der Waals surface area contributed by atoms with Crippen molar-refractivity contribution in [1.82, 2.24) is 4.90 Å². The largest absolute Gasteiger partial charge is 0.395 e. The summed E-state index contributed by atoms with van der Waals surface area (Å²) < 4.78 is 1.68. The van der Waals surface area contributed by atoms with Crippen molar-refractivity contribution >= 4 is 49.1 Å². The first-order chi connectivity index (χ1) is 7.60. The number of hydrogen-bond acceptors (Lipinski definition) is 3. The van der Waals surface area contributed by atoms with Gasteiger partial charge in [-0.3, -0.25) is 4.79 Å². The van der Waals surface area contributed by atoms with Crippen LogP contribution in [0.2, 0.25) is 0 Å². The maximum absolute atomic E-state index is 12.1. The van der Waals surface area contributed by atoms with E-state index in [9.17, 15) is 4.79 Å². The summed E-state index contributed by atoms with van der Waals surface area (Å²) in [5.41, 5.74) is 0.604. The van der Waals surface area contributed by atoms with E-state index >= 15 is 0 Å². The van der Waals surface area contributed by atoms with Crippen LogP contribution in [0.25, 0.3) is 0 Å². The predicted octanol–water partition coefficient (Wildman–Crippen LogP) is 2.89. The lowest BCUT2D eigenvalue weighted by atomic mass is 10.3. The Labute approximate surface area is 115 Å². The minimum absolute atomic E-state index is 0.0531. The first kappa shape index (κ1) is 13.9. The molecule has 0 fully saturated rings. The molecule has 3 nitrogen and oxygen atoms in total. The Morgan fingerprint density at radius 2 is 2.31 bits per heavy atom.